The van der Waals surface area contributed by atoms with Crippen molar-refractivity contribution in [3.8, 4) is 0 Å². The molecule has 0 aliphatic carbocycles. The van der Waals surface area contributed by atoms with Crippen LogP contribution in [-0.2, 0) is 27.4 Å². The van der Waals surface area contributed by atoms with Gasteiger partial charge < -0.3 is 14.2 Å². The second-order valence-electron chi connectivity index (χ2n) is 6.86. The van der Waals surface area contributed by atoms with Crippen LogP contribution in [0.25, 0.3) is 11.0 Å². The van der Waals surface area contributed by atoms with E-state index in [9.17, 15) is 19.2 Å². The van der Waals surface area contributed by atoms with Crippen molar-refractivity contribution in [2.24, 2.45) is 5.92 Å². The van der Waals surface area contributed by atoms with Crippen LogP contribution in [0.15, 0.2) is 33.9 Å². The molecule has 8 heteroatoms. The molecule has 2 heterocycles. The average Bonchev–Trinajstić information content (AvgIpc) is 2.72. The zero-order valence-corrected chi connectivity index (χ0v) is 16.2. The number of hydrogen-bond acceptors (Lipinski definition) is 5. The first-order valence-electron chi connectivity index (χ1n) is 9.64. The molecule has 0 bridgehead atoms. The predicted molar refractivity (Wildman–Crippen MR) is 104 cm³/mol. The minimum Gasteiger partial charge on any atom is -0.466 e. The fourth-order valence-electron chi connectivity index (χ4n) is 3.73. The maximum atomic E-state index is 12.9. The van der Waals surface area contributed by atoms with E-state index in [1.165, 1.54) is 9.13 Å². The van der Waals surface area contributed by atoms with Gasteiger partial charge in [-0.15, -0.1) is 0 Å². The number of carbonyl (C=O) groups excluding carboxylic acids is 2. The molecule has 0 unspecified atom stereocenters. The molecule has 8 nitrogen and oxygen atoms in total. The lowest BCUT2D eigenvalue weighted by atomic mass is 9.98. The number of carbonyl (C=O) groups is 2. The van der Waals surface area contributed by atoms with Crippen molar-refractivity contribution in [2.75, 3.05) is 19.7 Å². The van der Waals surface area contributed by atoms with Gasteiger partial charge in [0.05, 0.1) is 23.6 Å². The molecule has 150 valence electrons. The molecule has 0 radical (unpaired) electrons. The molecule has 28 heavy (non-hydrogen) atoms. The number of amides is 1. The van der Waals surface area contributed by atoms with Gasteiger partial charge in [-0.1, -0.05) is 12.1 Å². The first-order valence-corrected chi connectivity index (χ1v) is 9.64. The van der Waals surface area contributed by atoms with Crippen LogP contribution in [0.1, 0.15) is 26.7 Å². The third-order valence-electron chi connectivity index (χ3n) is 5.14. The summed E-state index contributed by atoms with van der Waals surface area (Å²) < 4.78 is 7.72. The Morgan fingerprint density at radius 1 is 1.07 bits per heavy atom. The number of aryl methyl sites for hydroxylation is 1. The molecule has 1 saturated heterocycles. The topological polar surface area (TPSA) is 90.6 Å². The van der Waals surface area contributed by atoms with Crippen molar-refractivity contribution in [1.29, 1.82) is 0 Å². The number of esters is 1. The Kier molecular flexibility index (Phi) is 5.96. The SMILES string of the molecule is CCOC(=O)[C@H]1CCCN(C(=O)Cn2c(=O)c(=O)n(CC)c3ccccc32)C1. The van der Waals surface area contributed by atoms with Gasteiger partial charge in [0.15, 0.2) is 0 Å². The van der Waals surface area contributed by atoms with E-state index >= 15 is 0 Å². The molecule has 1 fully saturated rings. The van der Waals surface area contributed by atoms with Crippen LogP contribution in [0, 0.1) is 5.92 Å². The first kappa shape index (κ1) is 19.9. The summed E-state index contributed by atoms with van der Waals surface area (Å²) in [5, 5.41) is 0. The van der Waals surface area contributed by atoms with Crippen molar-refractivity contribution < 1.29 is 14.3 Å². The monoisotopic (exact) mass is 387 g/mol. The van der Waals surface area contributed by atoms with Gasteiger partial charge in [-0.25, -0.2) is 0 Å². The van der Waals surface area contributed by atoms with Gasteiger partial charge in [0.25, 0.3) is 0 Å². The molecule has 2 aromatic rings. The summed E-state index contributed by atoms with van der Waals surface area (Å²) in [6.45, 7) is 4.79. The lowest BCUT2D eigenvalue weighted by Gasteiger charge is -2.31. The Labute approximate surface area is 162 Å². The van der Waals surface area contributed by atoms with Crippen molar-refractivity contribution in [2.45, 2.75) is 39.8 Å². The second kappa shape index (κ2) is 8.41. The maximum absolute atomic E-state index is 12.9. The van der Waals surface area contributed by atoms with Crippen molar-refractivity contribution in [1.82, 2.24) is 14.0 Å². The molecular weight excluding hydrogens is 362 g/mol. The van der Waals surface area contributed by atoms with Crippen LogP contribution in [0.3, 0.4) is 0 Å². The molecule has 1 amide bonds. The highest BCUT2D eigenvalue weighted by Gasteiger charge is 2.29. The molecule has 3 rings (SSSR count). The van der Waals surface area contributed by atoms with Crippen LogP contribution in [0.4, 0.5) is 0 Å². The van der Waals surface area contributed by atoms with Gasteiger partial charge in [0.2, 0.25) is 5.91 Å². The number of aromatic nitrogens is 2. The summed E-state index contributed by atoms with van der Waals surface area (Å²) in [6.07, 6.45) is 1.38. The van der Waals surface area contributed by atoms with Crippen molar-refractivity contribution in [3.05, 3.63) is 45.0 Å². The smallest absolute Gasteiger partial charge is 0.317 e. The Hall–Kier alpha value is -2.90. The Morgan fingerprint density at radius 2 is 1.71 bits per heavy atom. The summed E-state index contributed by atoms with van der Waals surface area (Å²) in [5.41, 5.74) is -0.198. The van der Waals surface area contributed by atoms with Gasteiger partial charge in [-0.05, 0) is 38.8 Å². The molecule has 1 aliphatic rings. The van der Waals surface area contributed by atoms with E-state index in [-0.39, 0.29) is 30.9 Å². The molecule has 1 atom stereocenters. The van der Waals surface area contributed by atoms with Gasteiger partial charge in [0, 0.05) is 19.6 Å². The molecule has 1 aromatic heterocycles. The number of hydrogen-bond donors (Lipinski definition) is 0. The number of ether oxygens (including phenoxy) is 1. The van der Waals surface area contributed by atoms with Crippen LogP contribution < -0.4 is 11.1 Å². The highest BCUT2D eigenvalue weighted by molar-refractivity contribution is 5.81. The number of fused-ring (bicyclic) bond motifs is 1. The minimum absolute atomic E-state index is 0.227. The zero-order chi connectivity index (χ0) is 20.3. The van der Waals surface area contributed by atoms with Crippen LogP contribution in [-0.4, -0.2) is 45.6 Å². The third-order valence-corrected chi connectivity index (χ3v) is 5.14. The van der Waals surface area contributed by atoms with E-state index in [0.29, 0.717) is 43.6 Å². The molecule has 0 saturated carbocycles. The normalized spacial score (nSPS) is 16.9. The van der Waals surface area contributed by atoms with Crippen LogP contribution in [0.5, 0.6) is 0 Å². The summed E-state index contributed by atoms with van der Waals surface area (Å²) >= 11 is 0. The number of benzene rings is 1. The second-order valence-corrected chi connectivity index (χ2v) is 6.86. The largest absolute Gasteiger partial charge is 0.466 e. The first-order chi connectivity index (χ1) is 13.5. The van der Waals surface area contributed by atoms with Crippen molar-refractivity contribution in [3.63, 3.8) is 0 Å². The zero-order valence-electron chi connectivity index (χ0n) is 16.2. The van der Waals surface area contributed by atoms with Gasteiger partial charge in [-0.3, -0.25) is 23.7 Å². The minimum atomic E-state index is -0.715. The fraction of sp³-hybridized carbons (Fsp3) is 0.500. The standard InChI is InChI=1S/C20H25N3O5/c1-3-22-15-9-5-6-10-16(15)23(19(26)18(22)25)13-17(24)21-11-7-8-14(12-21)20(27)28-4-2/h5-6,9-10,14H,3-4,7-8,11-13H2,1-2H3/t14-/m0/s1. The number of rotatable bonds is 5. The third kappa shape index (κ3) is 3.72. The Morgan fingerprint density at radius 3 is 2.36 bits per heavy atom. The van der Waals surface area contributed by atoms with E-state index in [2.05, 4.69) is 0 Å². The quantitative estimate of drug-likeness (QED) is 0.564. The van der Waals surface area contributed by atoms with Crippen LogP contribution >= 0.6 is 0 Å². The maximum Gasteiger partial charge on any atom is 0.317 e. The summed E-state index contributed by atoms with van der Waals surface area (Å²) in [4.78, 5) is 51.5. The van der Waals surface area contributed by atoms with Crippen molar-refractivity contribution >= 4 is 22.9 Å². The van der Waals surface area contributed by atoms with E-state index in [1.54, 1.807) is 43.0 Å². The van der Waals surface area contributed by atoms with Crippen LogP contribution in [0.2, 0.25) is 0 Å². The van der Waals surface area contributed by atoms with E-state index in [4.69, 9.17) is 4.74 Å². The summed E-state index contributed by atoms with van der Waals surface area (Å²) in [6, 6.07) is 7.05. The average molecular weight is 387 g/mol. The molecule has 0 N–H and O–H groups in total. The highest BCUT2D eigenvalue weighted by Crippen LogP contribution is 2.19. The van der Waals surface area contributed by atoms with E-state index in [1.807, 2.05) is 0 Å². The predicted octanol–water partition coefficient (Wildman–Crippen LogP) is 0.985. The Bertz CT molecular complexity index is 1010. The number of para-hydroxylation sites is 2. The summed E-state index contributed by atoms with van der Waals surface area (Å²) in [7, 11) is 0. The number of nitrogens with zero attached hydrogens (tertiary/aromatic N) is 3. The van der Waals surface area contributed by atoms with Gasteiger partial charge >= 0.3 is 17.1 Å². The lowest BCUT2D eigenvalue weighted by Crippen LogP contribution is -2.47. The van der Waals surface area contributed by atoms with E-state index in [0.717, 1.165) is 0 Å². The fourth-order valence-corrected chi connectivity index (χ4v) is 3.73. The number of piperidine rings is 1. The lowest BCUT2D eigenvalue weighted by molar-refractivity contribution is -0.151. The van der Waals surface area contributed by atoms with Gasteiger partial charge in [-0.2, -0.15) is 0 Å². The molecule has 0 spiro atoms. The Balaban J connectivity index is 1.90. The number of likely N-dealkylation sites (tertiary alicyclic amines) is 1. The molecular formula is C20H25N3O5. The van der Waals surface area contributed by atoms with E-state index < -0.39 is 11.1 Å². The van der Waals surface area contributed by atoms with Gasteiger partial charge in [0.1, 0.15) is 6.54 Å². The molecule has 1 aromatic carbocycles. The summed E-state index contributed by atoms with van der Waals surface area (Å²) in [5.74, 6) is -0.928. The molecule has 1 aliphatic heterocycles. The highest BCUT2D eigenvalue weighted by atomic mass is 16.5.